The van der Waals surface area contributed by atoms with E-state index in [2.05, 4.69) is 209 Å². The molecule has 2 aliphatic rings. The molecule has 64 heavy (non-hydrogen) atoms. The zero-order valence-corrected chi connectivity index (χ0v) is 37.6. The normalized spacial score (nSPS) is 13.5. The van der Waals surface area contributed by atoms with E-state index in [-0.39, 0.29) is 5.41 Å². The standard InChI is InChI=1S/C59H48BN2OS/c1-5-6-8-17-37-28-33-48(44(34-37)38-18-9-7-10-19-38)62-49-35-45-40-20-12-15-24-50(40)63-57(45)53(54(49)60-58-56(62)42-22-13-16-25-51(42)64-58)43-31-32-47-52(41-21-11-14-23-46(41)59(47,3)4)55(43)61-39-29-26-36(2)27-30-39/h7,9-16,18-35,61H,5-6,8,17H2,1-4H3. The Morgan fingerprint density at radius 1 is 0.641 bits per heavy atom. The van der Waals surface area contributed by atoms with Crippen molar-refractivity contribution in [1.29, 1.82) is 0 Å². The second kappa shape index (κ2) is 15.2. The minimum atomic E-state index is -0.176. The lowest BCUT2D eigenvalue weighted by Gasteiger charge is -2.35. The number of furan rings is 1. The molecule has 1 aliphatic heterocycles. The first-order chi connectivity index (χ1) is 31.4. The van der Waals surface area contributed by atoms with Gasteiger partial charge < -0.3 is 14.6 Å². The number of rotatable bonds is 9. The molecule has 1 radical (unpaired) electrons. The fourth-order valence-electron chi connectivity index (χ4n) is 10.6. The van der Waals surface area contributed by atoms with Gasteiger partial charge in [0.15, 0.2) is 0 Å². The van der Waals surface area contributed by atoms with Crippen molar-refractivity contribution in [3.63, 3.8) is 0 Å². The second-order valence-corrected chi connectivity index (χ2v) is 19.3. The average Bonchev–Trinajstić information content (AvgIpc) is 3.96. The summed E-state index contributed by atoms with van der Waals surface area (Å²) < 4.78 is 9.64. The molecule has 3 nitrogen and oxygen atoms in total. The maximum Gasteiger partial charge on any atom is 0.212 e. The number of benzene rings is 8. The molecule has 1 N–H and O–H groups in total. The average molecular weight is 844 g/mol. The molecule has 0 unspecified atom stereocenters. The Hall–Kier alpha value is -6.82. The van der Waals surface area contributed by atoms with Gasteiger partial charge in [0.1, 0.15) is 11.2 Å². The molecule has 0 fully saturated rings. The molecule has 8 aromatic carbocycles. The van der Waals surface area contributed by atoms with Crippen LogP contribution in [0.4, 0.5) is 28.4 Å². The number of fused-ring (bicyclic) bond motifs is 10. The molecule has 10 aromatic rings. The number of hydrogen-bond acceptors (Lipinski definition) is 4. The molecule has 12 rings (SSSR count). The molecule has 0 atom stereocenters. The second-order valence-electron chi connectivity index (χ2n) is 18.2. The summed E-state index contributed by atoms with van der Waals surface area (Å²) in [6.07, 6.45) is 4.67. The summed E-state index contributed by atoms with van der Waals surface area (Å²) >= 11 is 1.87. The van der Waals surface area contributed by atoms with Crippen molar-refractivity contribution in [2.75, 3.05) is 10.2 Å². The van der Waals surface area contributed by atoms with Gasteiger partial charge in [0.2, 0.25) is 7.28 Å². The number of unbranched alkanes of at least 4 members (excludes halogenated alkanes) is 2. The first-order valence-corrected chi connectivity index (χ1v) is 23.6. The number of nitrogens with zero attached hydrogens (tertiary/aromatic N) is 1. The van der Waals surface area contributed by atoms with Crippen molar-refractivity contribution < 1.29 is 4.42 Å². The molecule has 0 saturated carbocycles. The maximum absolute atomic E-state index is 7.14. The van der Waals surface area contributed by atoms with E-state index in [1.54, 1.807) is 0 Å². The lowest BCUT2D eigenvalue weighted by atomic mass is 9.61. The highest BCUT2D eigenvalue weighted by Gasteiger charge is 2.40. The van der Waals surface area contributed by atoms with E-state index in [4.69, 9.17) is 4.42 Å². The van der Waals surface area contributed by atoms with Crippen molar-refractivity contribution in [3.8, 4) is 33.4 Å². The zero-order valence-electron chi connectivity index (χ0n) is 36.8. The Kier molecular flexibility index (Phi) is 9.21. The van der Waals surface area contributed by atoms with Gasteiger partial charge in [0.25, 0.3) is 0 Å². The summed E-state index contributed by atoms with van der Waals surface area (Å²) in [6, 6.07) is 60.6. The summed E-state index contributed by atoms with van der Waals surface area (Å²) in [5.74, 6) is 0. The Bertz CT molecular complexity index is 3450. The largest absolute Gasteiger partial charge is 0.455 e. The van der Waals surface area contributed by atoms with Gasteiger partial charge in [0, 0.05) is 59.9 Å². The minimum absolute atomic E-state index is 0.176. The van der Waals surface area contributed by atoms with Crippen LogP contribution in [-0.4, -0.2) is 7.28 Å². The Labute approximate surface area is 380 Å². The quantitative estimate of drug-likeness (QED) is 0.116. The van der Waals surface area contributed by atoms with Crippen molar-refractivity contribution >= 4 is 89.3 Å². The van der Waals surface area contributed by atoms with Crippen LogP contribution >= 0.6 is 11.3 Å². The fraction of sp³-hybridized carbons (Fsp3) is 0.153. The van der Waals surface area contributed by atoms with E-state index in [1.165, 1.54) is 90.0 Å². The smallest absolute Gasteiger partial charge is 0.212 e. The number of thiophene rings is 1. The van der Waals surface area contributed by atoms with Gasteiger partial charge in [-0.15, -0.1) is 11.3 Å². The van der Waals surface area contributed by atoms with E-state index >= 15 is 0 Å². The van der Waals surface area contributed by atoms with Crippen LogP contribution in [0.15, 0.2) is 168 Å². The van der Waals surface area contributed by atoms with E-state index in [0.717, 1.165) is 62.0 Å². The topological polar surface area (TPSA) is 28.4 Å². The van der Waals surface area contributed by atoms with Crippen LogP contribution in [0.25, 0.3) is 65.4 Å². The van der Waals surface area contributed by atoms with Crippen molar-refractivity contribution in [3.05, 3.63) is 186 Å². The van der Waals surface area contributed by atoms with Crippen molar-refractivity contribution in [1.82, 2.24) is 0 Å². The summed E-state index contributed by atoms with van der Waals surface area (Å²) in [4.78, 5) is 2.59. The summed E-state index contributed by atoms with van der Waals surface area (Å²) in [6.45, 7) is 9.16. The van der Waals surface area contributed by atoms with E-state index in [9.17, 15) is 0 Å². The summed E-state index contributed by atoms with van der Waals surface area (Å²) in [5.41, 5.74) is 20.9. The molecular weight excluding hydrogens is 796 g/mol. The lowest BCUT2D eigenvalue weighted by Crippen LogP contribution is -2.39. The summed E-state index contributed by atoms with van der Waals surface area (Å²) in [7, 11) is 2.45. The number of nitrogens with one attached hydrogen (secondary N) is 1. The first-order valence-electron chi connectivity index (χ1n) is 22.8. The number of aryl methyl sites for hydroxylation is 2. The van der Waals surface area contributed by atoms with Crippen LogP contribution in [-0.2, 0) is 11.8 Å². The zero-order chi connectivity index (χ0) is 43.1. The van der Waals surface area contributed by atoms with Gasteiger partial charge >= 0.3 is 0 Å². The third kappa shape index (κ3) is 6.08. The third-order valence-corrected chi connectivity index (χ3v) is 14.9. The van der Waals surface area contributed by atoms with Crippen LogP contribution in [0, 0.1) is 6.92 Å². The van der Waals surface area contributed by atoms with Gasteiger partial charge in [-0.1, -0.05) is 161 Å². The maximum atomic E-state index is 7.14. The molecule has 3 heterocycles. The summed E-state index contributed by atoms with van der Waals surface area (Å²) in [5, 5.41) is 7.53. The predicted octanol–water partition coefficient (Wildman–Crippen LogP) is 15.7. The highest BCUT2D eigenvalue weighted by molar-refractivity contribution is 7.29. The van der Waals surface area contributed by atoms with Crippen LogP contribution in [0.1, 0.15) is 62.3 Å². The van der Waals surface area contributed by atoms with Gasteiger partial charge in [0.05, 0.1) is 17.1 Å². The van der Waals surface area contributed by atoms with Crippen LogP contribution in [0.3, 0.4) is 0 Å². The Morgan fingerprint density at radius 3 is 2.25 bits per heavy atom. The molecule has 0 amide bonds. The minimum Gasteiger partial charge on any atom is -0.455 e. The van der Waals surface area contributed by atoms with Gasteiger partial charge in [-0.05, 0) is 100 Å². The van der Waals surface area contributed by atoms with E-state index in [1.807, 2.05) is 11.3 Å². The molecule has 5 heteroatoms. The molecular formula is C59H48BN2OS. The van der Waals surface area contributed by atoms with Gasteiger partial charge in [-0.2, -0.15) is 0 Å². The molecule has 2 aromatic heterocycles. The first kappa shape index (κ1) is 38.8. The van der Waals surface area contributed by atoms with Crippen LogP contribution in [0.5, 0.6) is 0 Å². The van der Waals surface area contributed by atoms with Crippen molar-refractivity contribution in [2.24, 2.45) is 0 Å². The molecule has 0 spiro atoms. The van der Waals surface area contributed by atoms with Crippen LogP contribution < -0.4 is 20.5 Å². The molecule has 0 bridgehead atoms. The van der Waals surface area contributed by atoms with Crippen molar-refractivity contribution in [2.45, 2.75) is 58.8 Å². The SMILES string of the molecule is CCCCCc1ccc(N2c3cc4c(oc5ccccc54)c(-c4ccc5c(c4Nc4ccc(C)cc4)-c4ccccc4C5(C)C)c3[B]c3sc4ccccc4c32)c(-c2ccccc2)c1. The number of para-hydroxylation sites is 1. The highest BCUT2D eigenvalue weighted by atomic mass is 32.1. The predicted molar refractivity (Wildman–Crippen MR) is 275 cm³/mol. The molecule has 0 saturated heterocycles. The highest BCUT2D eigenvalue weighted by Crippen LogP contribution is 2.56. The number of anilines is 5. The molecule has 1 aliphatic carbocycles. The number of hydrogen-bond donors (Lipinski definition) is 1. The van der Waals surface area contributed by atoms with E-state index < -0.39 is 0 Å². The monoisotopic (exact) mass is 843 g/mol. The Balaban J connectivity index is 1.20. The van der Waals surface area contributed by atoms with E-state index in [0.29, 0.717) is 0 Å². The lowest BCUT2D eigenvalue weighted by molar-refractivity contribution is 0.660. The third-order valence-electron chi connectivity index (χ3n) is 13.8. The van der Waals surface area contributed by atoms with Gasteiger partial charge in [-0.25, -0.2) is 0 Å². The van der Waals surface area contributed by atoms with Gasteiger partial charge in [-0.3, -0.25) is 0 Å². The molecule has 309 valence electrons. The van der Waals surface area contributed by atoms with Crippen LogP contribution in [0.2, 0.25) is 0 Å². The fourth-order valence-corrected chi connectivity index (χ4v) is 11.7. The Morgan fingerprint density at radius 2 is 1.41 bits per heavy atom.